The second-order valence-electron chi connectivity index (χ2n) is 8.17. The molecule has 0 atom stereocenters. The summed E-state index contributed by atoms with van der Waals surface area (Å²) >= 11 is 0. The van der Waals surface area contributed by atoms with Gasteiger partial charge in [-0.1, -0.05) is 84.4 Å². The average molecular weight is 297 g/mol. The molecule has 2 heteroatoms. The predicted octanol–water partition coefficient (Wildman–Crippen LogP) is 6.45. The van der Waals surface area contributed by atoms with Crippen molar-refractivity contribution in [2.45, 2.75) is 89.7 Å². The standard InChI is InChI=1S/C20H32BN/c1-14(2)18-12-7-13-19(15(3)4)20(18)22-21-16-8-5-9-17(21)11-6-10-16/h7,12-17,22H,5-6,8-11H2,1-4H3. The first-order chi connectivity index (χ1) is 10.6. The van der Waals surface area contributed by atoms with Gasteiger partial charge in [0.25, 0.3) is 6.85 Å². The van der Waals surface area contributed by atoms with Gasteiger partial charge in [-0.15, -0.1) is 0 Å². The molecule has 0 spiro atoms. The molecule has 2 saturated heterocycles. The van der Waals surface area contributed by atoms with Crippen LogP contribution in [0.15, 0.2) is 18.2 Å². The monoisotopic (exact) mass is 297 g/mol. The van der Waals surface area contributed by atoms with Crippen LogP contribution in [0.2, 0.25) is 11.6 Å². The summed E-state index contributed by atoms with van der Waals surface area (Å²) in [5.41, 5.74) is 4.49. The number of para-hydroxylation sites is 1. The van der Waals surface area contributed by atoms with E-state index in [2.05, 4.69) is 51.1 Å². The fourth-order valence-electron chi connectivity index (χ4n) is 4.80. The van der Waals surface area contributed by atoms with Crippen LogP contribution in [0.5, 0.6) is 0 Å². The molecule has 0 unspecified atom stereocenters. The van der Waals surface area contributed by atoms with Gasteiger partial charge in [0, 0.05) is 5.69 Å². The van der Waals surface area contributed by atoms with Crippen molar-refractivity contribution < 1.29 is 0 Å². The van der Waals surface area contributed by atoms with Crippen LogP contribution in [0, 0.1) is 0 Å². The largest absolute Gasteiger partial charge is 0.427 e. The number of hydrogen-bond acceptors (Lipinski definition) is 1. The van der Waals surface area contributed by atoms with Crippen LogP contribution in [0.1, 0.15) is 89.2 Å². The van der Waals surface area contributed by atoms with Crippen molar-refractivity contribution in [3.8, 4) is 0 Å². The van der Waals surface area contributed by atoms with E-state index in [1.54, 1.807) is 0 Å². The third-order valence-corrected chi connectivity index (χ3v) is 6.00. The van der Waals surface area contributed by atoms with Gasteiger partial charge >= 0.3 is 0 Å². The molecule has 120 valence electrons. The van der Waals surface area contributed by atoms with Crippen LogP contribution < -0.4 is 5.23 Å². The molecular formula is C20H32BN. The second kappa shape index (κ2) is 6.68. The SMILES string of the molecule is CC(C)c1cccc(C(C)C)c1NB1C2CCCC1CCC2. The van der Waals surface area contributed by atoms with Gasteiger partial charge in [-0.05, 0) is 34.6 Å². The van der Waals surface area contributed by atoms with Crippen LogP contribution in [0.25, 0.3) is 0 Å². The summed E-state index contributed by atoms with van der Waals surface area (Å²) in [7, 11) is 0. The number of rotatable bonds is 4. The molecule has 3 rings (SSSR count). The smallest absolute Gasteiger partial charge is 0.258 e. The van der Waals surface area contributed by atoms with E-state index in [0.717, 1.165) is 18.5 Å². The lowest BCUT2D eigenvalue weighted by atomic mass is 9.34. The van der Waals surface area contributed by atoms with Crippen LogP contribution >= 0.6 is 0 Å². The highest BCUT2D eigenvalue weighted by molar-refractivity contribution is 6.66. The molecule has 0 amide bonds. The maximum Gasteiger partial charge on any atom is 0.258 e. The van der Waals surface area contributed by atoms with E-state index in [4.69, 9.17) is 0 Å². The van der Waals surface area contributed by atoms with Gasteiger partial charge in [0.1, 0.15) is 0 Å². The van der Waals surface area contributed by atoms with E-state index in [-0.39, 0.29) is 0 Å². The molecule has 2 aliphatic rings. The molecule has 2 bridgehead atoms. The Hall–Kier alpha value is -0.915. The topological polar surface area (TPSA) is 12.0 Å². The Morgan fingerprint density at radius 1 is 0.864 bits per heavy atom. The van der Waals surface area contributed by atoms with Crippen molar-refractivity contribution >= 4 is 12.5 Å². The van der Waals surface area contributed by atoms with Gasteiger partial charge in [0.2, 0.25) is 0 Å². The third kappa shape index (κ3) is 3.07. The van der Waals surface area contributed by atoms with Crippen molar-refractivity contribution in [3.63, 3.8) is 0 Å². The number of benzene rings is 1. The minimum absolute atomic E-state index is 0.588. The normalized spacial score (nSPS) is 24.9. The van der Waals surface area contributed by atoms with Gasteiger partial charge in [-0.3, -0.25) is 0 Å². The molecule has 0 saturated carbocycles. The lowest BCUT2D eigenvalue weighted by Gasteiger charge is -2.41. The molecule has 1 nitrogen and oxygen atoms in total. The lowest BCUT2D eigenvalue weighted by Crippen LogP contribution is -2.41. The number of anilines is 1. The summed E-state index contributed by atoms with van der Waals surface area (Å²) in [4.78, 5) is 0. The van der Waals surface area contributed by atoms with Crippen molar-refractivity contribution in [2.75, 3.05) is 5.23 Å². The Kier molecular flexibility index (Phi) is 4.85. The molecular weight excluding hydrogens is 265 g/mol. The van der Waals surface area contributed by atoms with Gasteiger partial charge < -0.3 is 5.23 Å². The Morgan fingerprint density at radius 2 is 1.32 bits per heavy atom. The molecule has 2 heterocycles. The first kappa shape index (κ1) is 16.0. The first-order valence-corrected chi connectivity index (χ1v) is 9.47. The second-order valence-corrected chi connectivity index (χ2v) is 8.17. The average Bonchev–Trinajstić information content (AvgIpc) is 2.46. The van der Waals surface area contributed by atoms with Crippen LogP contribution in [-0.2, 0) is 0 Å². The molecule has 22 heavy (non-hydrogen) atoms. The summed E-state index contributed by atoms with van der Waals surface area (Å²) in [5.74, 6) is 3.00. The van der Waals surface area contributed by atoms with Crippen molar-refractivity contribution in [2.24, 2.45) is 0 Å². The van der Waals surface area contributed by atoms with Crippen molar-refractivity contribution in [3.05, 3.63) is 29.3 Å². The summed E-state index contributed by atoms with van der Waals surface area (Å²) < 4.78 is 0. The summed E-state index contributed by atoms with van der Waals surface area (Å²) in [6, 6.07) is 6.91. The lowest BCUT2D eigenvalue weighted by molar-refractivity contribution is 0.445. The van der Waals surface area contributed by atoms with Crippen molar-refractivity contribution in [1.29, 1.82) is 0 Å². The molecule has 2 fully saturated rings. The van der Waals surface area contributed by atoms with E-state index in [0.29, 0.717) is 11.8 Å². The predicted molar refractivity (Wildman–Crippen MR) is 99.2 cm³/mol. The third-order valence-electron chi connectivity index (χ3n) is 6.00. The Bertz CT molecular complexity index is 460. The first-order valence-electron chi connectivity index (χ1n) is 9.47. The molecule has 1 N–H and O–H groups in total. The highest BCUT2D eigenvalue weighted by atomic mass is 14.8. The fraction of sp³-hybridized carbons (Fsp3) is 0.700. The van der Waals surface area contributed by atoms with Gasteiger partial charge in [-0.2, -0.15) is 0 Å². The number of hydrogen-bond donors (Lipinski definition) is 1. The molecule has 2 aliphatic heterocycles. The zero-order valence-corrected chi connectivity index (χ0v) is 14.9. The zero-order chi connectivity index (χ0) is 15.7. The maximum atomic E-state index is 4.08. The van der Waals surface area contributed by atoms with E-state index in [9.17, 15) is 0 Å². The quantitative estimate of drug-likeness (QED) is 0.630. The summed E-state index contributed by atoms with van der Waals surface area (Å²) in [6.07, 6.45) is 8.67. The summed E-state index contributed by atoms with van der Waals surface area (Å²) in [6.45, 7) is 10.0. The van der Waals surface area contributed by atoms with Crippen LogP contribution in [0.4, 0.5) is 5.69 Å². The Balaban J connectivity index is 1.93. The Morgan fingerprint density at radius 3 is 1.73 bits per heavy atom. The molecule has 0 aliphatic carbocycles. The van der Waals surface area contributed by atoms with E-state index >= 15 is 0 Å². The van der Waals surface area contributed by atoms with Gasteiger partial charge in [0.15, 0.2) is 0 Å². The highest BCUT2D eigenvalue weighted by Gasteiger charge is 2.40. The summed E-state index contributed by atoms with van der Waals surface area (Å²) in [5, 5.41) is 4.08. The fourth-order valence-corrected chi connectivity index (χ4v) is 4.80. The van der Waals surface area contributed by atoms with Gasteiger partial charge in [-0.25, -0.2) is 0 Å². The van der Waals surface area contributed by atoms with Crippen LogP contribution in [0.3, 0.4) is 0 Å². The highest BCUT2D eigenvalue weighted by Crippen LogP contribution is 2.47. The van der Waals surface area contributed by atoms with E-state index < -0.39 is 0 Å². The maximum absolute atomic E-state index is 4.08. The van der Waals surface area contributed by atoms with E-state index in [1.165, 1.54) is 55.3 Å². The van der Waals surface area contributed by atoms with Crippen molar-refractivity contribution in [1.82, 2.24) is 0 Å². The minimum Gasteiger partial charge on any atom is -0.427 e. The number of fused-ring (bicyclic) bond motifs is 2. The van der Waals surface area contributed by atoms with Gasteiger partial charge in [0.05, 0.1) is 0 Å². The van der Waals surface area contributed by atoms with Crippen LogP contribution in [-0.4, -0.2) is 6.85 Å². The molecule has 0 aromatic heterocycles. The van der Waals surface area contributed by atoms with E-state index in [1.807, 2.05) is 0 Å². The minimum atomic E-state index is 0.588. The zero-order valence-electron chi connectivity index (χ0n) is 14.9. The molecule has 0 radical (unpaired) electrons. The molecule has 1 aromatic rings. The number of nitrogens with one attached hydrogen (secondary N) is 1. The Labute approximate surface area is 137 Å². The molecule has 1 aromatic carbocycles.